The van der Waals surface area contributed by atoms with Crippen LogP contribution in [0.1, 0.15) is 17.3 Å². The van der Waals surface area contributed by atoms with Crippen molar-refractivity contribution in [1.82, 2.24) is 9.55 Å². The van der Waals surface area contributed by atoms with Crippen molar-refractivity contribution in [3.8, 4) is 17.1 Å². The fraction of sp³-hybridized carbons (Fsp3) is 0.263. The van der Waals surface area contributed by atoms with E-state index in [1.165, 1.54) is 24.3 Å². The first-order valence-electron chi connectivity index (χ1n) is 8.47. The molecule has 2 aromatic carbocycles. The molecule has 28 heavy (non-hydrogen) atoms. The van der Waals surface area contributed by atoms with E-state index in [-0.39, 0.29) is 25.5 Å². The van der Waals surface area contributed by atoms with Crippen LogP contribution in [0.3, 0.4) is 0 Å². The number of hydrogen-bond donors (Lipinski definition) is 1. The van der Waals surface area contributed by atoms with Crippen LogP contribution in [0.15, 0.2) is 42.5 Å². The van der Waals surface area contributed by atoms with E-state index in [4.69, 9.17) is 4.74 Å². The van der Waals surface area contributed by atoms with Crippen LogP contribution in [0, 0.1) is 0 Å². The number of alkyl halides is 3. The number of carbonyl (C=O) groups is 1. The molecule has 0 aliphatic carbocycles. The van der Waals surface area contributed by atoms with Gasteiger partial charge in [0.2, 0.25) is 0 Å². The Balaban J connectivity index is 2.01. The number of rotatable bonds is 6. The molecule has 0 unspecified atom stereocenters. The summed E-state index contributed by atoms with van der Waals surface area (Å²) in [5.41, 5.74) is 2.05. The Morgan fingerprint density at radius 3 is 2.50 bits per heavy atom. The molecule has 6 nitrogen and oxygen atoms in total. The molecule has 3 rings (SSSR count). The normalized spacial score (nSPS) is 11.6. The van der Waals surface area contributed by atoms with Crippen LogP contribution in [0.4, 0.5) is 13.2 Å². The number of aromatic nitrogens is 2. The first-order chi connectivity index (χ1) is 13.3. The first kappa shape index (κ1) is 19.7. The summed E-state index contributed by atoms with van der Waals surface area (Å²) < 4.78 is 47.5. The number of aliphatic hydroxyl groups excluding tert-OH is 1. The Kier molecular flexibility index (Phi) is 5.55. The fourth-order valence-corrected chi connectivity index (χ4v) is 2.82. The molecule has 0 atom stereocenters. The van der Waals surface area contributed by atoms with Gasteiger partial charge in [-0.1, -0.05) is 0 Å². The van der Waals surface area contributed by atoms with Crippen LogP contribution in [0.5, 0.6) is 5.75 Å². The number of esters is 1. The SMILES string of the molecule is CCOC(=O)c1ccc2c(c1)nc(-c1ccc(OC(F)(F)F)cc1)n2CCO. The molecule has 0 amide bonds. The molecule has 9 heteroatoms. The topological polar surface area (TPSA) is 73.6 Å². The lowest BCUT2D eigenvalue weighted by molar-refractivity contribution is -0.274. The summed E-state index contributed by atoms with van der Waals surface area (Å²) in [6.07, 6.45) is -4.77. The highest BCUT2D eigenvalue weighted by molar-refractivity contribution is 5.94. The summed E-state index contributed by atoms with van der Waals surface area (Å²) in [6, 6.07) is 10.1. The second-order valence-electron chi connectivity index (χ2n) is 5.81. The highest BCUT2D eigenvalue weighted by Gasteiger charge is 2.31. The number of imidazole rings is 1. The third-order valence-corrected chi connectivity index (χ3v) is 3.93. The number of carbonyl (C=O) groups excluding carboxylic acids is 1. The highest BCUT2D eigenvalue weighted by atomic mass is 19.4. The van der Waals surface area contributed by atoms with E-state index in [2.05, 4.69) is 9.72 Å². The average molecular weight is 394 g/mol. The Hall–Kier alpha value is -3.07. The van der Waals surface area contributed by atoms with Crippen molar-refractivity contribution < 1.29 is 32.5 Å². The third-order valence-electron chi connectivity index (χ3n) is 3.93. The maximum Gasteiger partial charge on any atom is 0.573 e. The van der Waals surface area contributed by atoms with Gasteiger partial charge in [0.05, 0.1) is 29.8 Å². The molecule has 1 aromatic heterocycles. The van der Waals surface area contributed by atoms with Crippen molar-refractivity contribution in [3.63, 3.8) is 0 Å². The molecule has 0 aliphatic heterocycles. The van der Waals surface area contributed by atoms with Crippen molar-refractivity contribution in [3.05, 3.63) is 48.0 Å². The third kappa shape index (κ3) is 4.25. The number of aliphatic hydroxyl groups is 1. The largest absolute Gasteiger partial charge is 0.573 e. The van der Waals surface area contributed by atoms with Gasteiger partial charge >= 0.3 is 12.3 Å². The number of benzene rings is 2. The van der Waals surface area contributed by atoms with Crippen molar-refractivity contribution in [2.75, 3.05) is 13.2 Å². The van der Waals surface area contributed by atoms with Gasteiger partial charge in [0, 0.05) is 12.1 Å². The maximum absolute atomic E-state index is 12.3. The van der Waals surface area contributed by atoms with Gasteiger partial charge in [-0.2, -0.15) is 0 Å². The Bertz CT molecular complexity index is 981. The zero-order valence-corrected chi connectivity index (χ0v) is 14.9. The summed E-state index contributed by atoms with van der Waals surface area (Å²) >= 11 is 0. The highest BCUT2D eigenvalue weighted by Crippen LogP contribution is 2.29. The van der Waals surface area contributed by atoms with Gasteiger partial charge < -0.3 is 19.1 Å². The van der Waals surface area contributed by atoms with Crippen LogP contribution < -0.4 is 4.74 Å². The zero-order chi connectivity index (χ0) is 20.3. The molecule has 1 N–H and O–H groups in total. The standard InChI is InChI=1S/C19H17F3N2O4/c1-2-27-18(26)13-5-8-16-15(11-13)23-17(24(16)9-10-25)12-3-6-14(7-4-12)28-19(20,21)22/h3-8,11,25H,2,9-10H2,1H3. The maximum atomic E-state index is 12.3. The van der Waals surface area contributed by atoms with E-state index < -0.39 is 12.3 Å². The van der Waals surface area contributed by atoms with Crippen LogP contribution in [0.2, 0.25) is 0 Å². The molecular weight excluding hydrogens is 377 g/mol. The number of fused-ring (bicyclic) bond motifs is 1. The van der Waals surface area contributed by atoms with Gasteiger partial charge in [0.15, 0.2) is 0 Å². The molecule has 1 heterocycles. The average Bonchev–Trinajstić information content (AvgIpc) is 2.99. The summed E-state index contributed by atoms with van der Waals surface area (Å²) in [7, 11) is 0. The molecule has 0 aliphatic rings. The first-order valence-corrected chi connectivity index (χ1v) is 8.47. The lowest BCUT2D eigenvalue weighted by atomic mass is 10.2. The minimum atomic E-state index is -4.77. The molecule has 3 aromatic rings. The van der Waals surface area contributed by atoms with Gasteiger partial charge in [-0.15, -0.1) is 13.2 Å². The predicted molar refractivity (Wildman–Crippen MR) is 94.9 cm³/mol. The molecule has 148 valence electrons. The van der Waals surface area contributed by atoms with Crippen LogP contribution >= 0.6 is 0 Å². The van der Waals surface area contributed by atoms with Crippen LogP contribution in [-0.2, 0) is 11.3 Å². The van der Waals surface area contributed by atoms with E-state index in [0.29, 0.717) is 28.0 Å². The lowest BCUT2D eigenvalue weighted by Crippen LogP contribution is -2.17. The van der Waals surface area contributed by atoms with E-state index in [0.717, 1.165) is 0 Å². The molecule has 0 spiro atoms. The van der Waals surface area contributed by atoms with Gasteiger partial charge in [0.1, 0.15) is 11.6 Å². The van der Waals surface area contributed by atoms with E-state index >= 15 is 0 Å². The van der Waals surface area contributed by atoms with E-state index in [1.54, 1.807) is 29.7 Å². The molecule has 0 saturated heterocycles. The monoisotopic (exact) mass is 394 g/mol. The fourth-order valence-electron chi connectivity index (χ4n) is 2.82. The summed E-state index contributed by atoms with van der Waals surface area (Å²) in [4.78, 5) is 16.4. The van der Waals surface area contributed by atoms with Crippen LogP contribution in [0.25, 0.3) is 22.4 Å². The van der Waals surface area contributed by atoms with Crippen LogP contribution in [-0.4, -0.2) is 40.2 Å². The smallest absolute Gasteiger partial charge is 0.462 e. The van der Waals surface area contributed by atoms with Crippen molar-refractivity contribution in [2.24, 2.45) is 0 Å². The quantitative estimate of drug-likeness (QED) is 0.645. The van der Waals surface area contributed by atoms with Gasteiger partial charge in [-0.3, -0.25) is 0 Å². The molecule has 0 fully saturated rings. The minimum absolute atomic E-state index is 0.159. The zero-order valence-electron chi connectivity index (χ0n) is 14.9. The van der Waals surface area contributed by atoms with Gasteiger partial charge in [-0.25, -0.2) is 9.78 Å². The number of halogens is 3. The van der Waals surface area contributed by atoms with Gasteiger partial charge in [0.25, 0.3) is 0 Å². The van der Waals surface area contributed by atoms with E-state index in [1.807, 2.05) is 0 Å². The Labute approximate surface area is 158 Å². The second-order valence-corrected chi connectivity index (χ2v) is 5.81. The van der Waals surface area contributed by atoms with Crippen molar-refractivity contribution in [1.29, 1.82) is 0 Å². The molecule has 0 radical (unpaired) electrons. The Morgan fingerprint density at radius 1 is 1.18 bits per heavy atom. The van der Waals surface area contributed by atoms with Crippen molar-refractivity contribution in [2.45, 2.75) is 19.8 Å². The van der Waals surface area contributed by atoms with Crippen molar-refractivity contribution >= 4 is 17.0 Å². The molecule has 0 bridgehead atoms. The predicted octanol–water partition coefficient (Wildman–Crippen LogP) is 3.77. The number of ether oxygens (including phenoxy) is 2. The summed E-state index contributed by atoms with van der Waals surface area (Å²) in [5, 5.41) is 9.39. The lowest BCUT2D eigenvalue weighted by Gasteiger charge is -2.10. The Morgan fingerprint density at radius 2 is 1.89 bits per heavy atom. The molecular formula is C19H17F3N2O4. The van der Waals surface area contributed by atoms with E-state index in [9.17, 15) is 23.1 Å². The summed E-state index contributed by atoms with van der Waals surface area (Å²) in [5.74, 6) is -0.370. The summed E-state index contributed by atoms with van der Waals surface area (Å²) in [6.45, 7) is 2.02. The number of nitrogens with zero attached hydrogens (tertiary/aromatic N) is 2. The molecule has 0 saturated carbocycles. The second kappa shape index (κ2) is 7.89. The number of hydrogen-bond acceptors (Lipinski definition) is 5. The minimum Gasteiger partial charge on any atom is -0.462 e. The van der Waals surface area contributed by atoms with Gasteiger partial charge in [-0.05, 0) is 49.4 Å².